The van der Waals surface area contributed by atoms with Crippen LogP contribution in [0.4, 0.5) is 14.9 Å². The molecule has 0 bridgehead atoms. The number of fused-ring (bicyclic) bond motifs is 3. The first-order valence-electron chi connectivity index (χ1n) is 12.4. The first-order chi connectivity index (χ1) is 18.1. The van der Waals surface area contributed by atoms with Gasteiger partial charge in [-0.1, -0.05) is 55.5 Å². The van der Waals surface area contributed by atoms with Crippen LogP contribution in [0.1, 0.15) is 35.5 Å². The fourth-order valence-electron chi connectivity index (χ4n) is 5.06. The number of amides is 2. The van der Waals surface area contributed by atoms with Crippen molar-refractivity contribution in [3.05, 3.63) is 132 Å². The molecule has 0 saturated heterocycles. The highest BCUT2D eigenvalue weighted by molar-refractivity contribution is 5.90. The molecule has 0 unspecified atom stereocenters. The van der Waals surface area contributed by atoms with E-state index in [1.54, 1.807) is 12.1 Å². The number of hydrogen-bond acceptors (Lipinski definition) is 2. The zero-order valence-electron chi connectivity index (χ0n) is 20.4. The maximum Gasteiger partial charge on any atom is 0.322 e. The average molecular weight is 492 g/mol. The topological polar surface area (TPSA) is 55.1 Å². The van der Waals surface area contributed by atoms with Crippen LogP contribution in [-0.4, -0.2) is 25.3 Å². The molecule has 2 aromatic heterocycles. The smallest absolute Gasteiger partial charge is 0.308 e. The van der Waals surface area contributed by atoms with Gasteiger partial charge < -0.3 is 14.8 Å². The van der Waals surface area contributed by atoms with Crippen LogP contribution in [0, 0.1) is 5.82 Å². The maximum absolute atomic E-state index is 13.9. The van der Waals surface area contributed by atoms with Gasteiger partial charge in [-0.25, -0.2) is 13.9 Å². The zero-order chi connectivity index (χ0) is 25.4. The number of aryl methyl sites for hydroxylation is 1. The number of aromatic nitrogens is 3. The SMILES string of the molecule is CCc1nn(-c2ccccc2)c2c1CN(C(=O)Nc1ccccc1)[C@@H](c1ccc(F)cc1)c1cccn1-2. The molecule has 6 rings (SSSR count). The molecule has 1 aliphatic rings. The van der Waals surface area contributed by atoms with Gasteiger partial charge in [0.15, 0.2) is 0 Å². The van der Waals surface area contributed by atoms with E-state index in [-0.39, 0.29) is 11.8 Å². The molecular formula is C30H26FN5O. The van der Waals surface area contributed by atoms with Crippen LogP contribution in [0.5, 0.6) is 0 Å². The highest BCUT2D eigenvalue weighted by Gasteiger charge is 2.36. The molecule has 6 nitrogen and oxygen atoms in total. The Labute approximate surface area is 214 Å². The van der Waals surface area contributed by atoms with Gasteiger partial charge in [0.1, 0.15) is 11.6 Å². The third-order valence-electron chi connectivity index (χ3n) is 6.78. The van der Waals surface area contributed by atoms with Crippen molar-refractivity contribution >= 4 is 11.7 Å². The van der Waals surface area contributed by atoms with E-state index in [9.17, 15) is 9.18 Å². The van der Waals surface area contributed by atoms with Crippen LogP contribution >= 0.6 is 0 Å². The zero-order valence-corrected chi connectivity index (χ0v) is 20.4. The molecule has 37 heavy (non-hydrogen) atoms. The van der Waals surface area contributed by atoms with E-state index in [0.717, 1.165) is 34.0 Å². The molecule has 7 heteroatoms. The second kappa shape index (κ2) is 9.43. The Morgan fingerprint density at radius 2 is 1.65 bits per heavy atom. The van der Waals surface area contributed by atoms with Gasteiger partial charge in [0, 0.05) is 17.4 Å². The summed E-state index contributed by atoms with van der Waals surface area (Å²) in [6.07, 6.45) is 2.72. The fraction of sp³-hybridized carbons (Fsp3) is 0.133. The quantitative estimate of drug-likeness (QED) is 0.312. The lowest BCUT2D eigenvalue weighted by Crippen LogP contribution is -2.38. The van der Waals surface area contributed by atoms with Gasteiger partial charge in [-0.2, -0.15) is 5.10 Å². The molecule has 0 fully saturated rings. The van der Waals surface area contributed by atoms with E-state index >= 15 is 0 Å². The Morgan fingerprint density at radius 1 is 0.946 bits per heavy atom. The number of nitrogens with one attached hydrogen (secondary N) is 1. The molecule has 1 N–H and O–H groups in total. The van der Waals surface area contributed by atoms with Gasteiger partial charge in [0.25, 0.3) is 0 Å². The molecule has 0 radical (unpaired) electrons. The van der Waals surface area contributed by atoms with Crippen molar-refractivity contribution in [3.8, 4) is 11.5 Å². The van der Waals surface area contributed by atoms with Crippen LogP contribution in [0.2, 0.25) is 0 Å². The van der Waals surface area contributed by atoms with E-state index < -0.39 is 6.04 Å². The van der Waals surface area contributed by atoms with Crippen molar-refractivity contribution in [3.63, 3.8) is 0 Å². The average Bonchev–Trinajstić information content (AvgIpc) is 3.51. The van der Waals surface area contributed by atoms with Crippen LogP contribution in [-0.2, 0) is 13.0 Å². The number of carbonyl (C=O) groups is 1. The number of para-hydroxylation sites is 2. The van der Waals surface area contributed by atoms with Crippen LogP contribution in [0.15, 0.2) is 103 Å². The number of benzene rings is 3. The number of urea groups is 1. The largest absolute Gasteiger partial charge is 0.322 e. The summed E-state index contributed by atoms with van der Waals surface area (Å²) in [5.74, 6) is 0.592. The van der Waals surface area contributed by atoms with Crippen molar-refractivity contribution in [1.29, 1.82) is 0 Å². The molecule has 3 aromatic carbocycles. The summed E-state index contributed by atoms with van der Waals surface area (Å²) >= 11 is 0. The minimum atomic E-state index is -0.444. The highest BCUT2D eigenvalue weighted by atomic mass is 19.1. The van der Waals surface area contributed by atoms with E-state index in [1.165, 1.54) is 12.1 Å². The monoisotopic (exact) mass is 491 g/mol. The highest BCUT2D eigenvalue weighted by Crippen LogP contribution is 2.39. The molecule has 0 saturated carbocycles. The van der Waals surface area contributed by atoms with Crippen molar-refractivity contribution in [2.24, 2.45) is 0 Å². The fourth-order valence-corrected chi connectivity index (χ4v) is 5.06. The first-order valence-corrected chi connectivity index (χ1v) is 12.4. The number of anilines is 1. The Balaban J connectivity index is 1.56. The summed E-state index contributed by atoms with van der Waals surface area (Å²) in [5, 5.41) is 8.03. The lowest BCUT2D eigenvalue weighted by Gasteiger charge is -2.31. The number of rotatable bonds is 4. The third kappa shape index (κ3) is 4.08. The van der Waals surface area contributed by atoms with Crippen molar-refractivity contribution in [1.82, 2.24) is 19.2 Å². The predicted octanol–water partition coefficient (Wildman–Crippen LogP) is 6.50. The van der Waals surface area contributed by atoms with Gasteiger partial charge in [0.05, 0.1) is 29.7 Å². The van der Waals surface area contributed by atoms with Crippen LogP contribution < -0.4 is 5.32 Å². The predicted molar refractivity (Wildman–Crippen MR) is 142 cm³/mol. The molecule has 184 valence electrons. The number of nitrogens with zero attached hydrogens (tertiary/aromatic N) is 4. The Morgan fingerprint density at radius 3 is 2.35 bits per heavy atom. The lowest BCUT2D eigenvalue weighted by atomic mass is 10.0. The van der Waals surface area contributed by atoms with Gasteiger partial charge in [-0.05, 0) is 60.5 Å². The number of hydrogen-bond donors (Lipinski definition) is 1. The minimum absolute atomic E-state index is 0.240. The molecular weight excluding hydrogens is 465 g/mol. The molecule has 1 aliphatic heterocycles. The van der Waals surface area contributed by atoms with E-state index in [2.05, 4.69) is 16.8 Å². The summed E-state index contributed by atoms with van der Waals surface area (Å²) in [6.45, 7) is 2.42. The molecule has 0 aliphatic carbocycles. The normalized spacial score (nSPS) is 14.5. The summed E-state index contributed by atoms with van der Waals surface area (Å²) < 4.78 is 18.0. The molecule has 1 atom stereocenters. The van der Waals surface area contributed by atoms with Crippen LogP contribution in [0.3, 0.4) is 0 Å². The molecule has 5 aromatic rings. The lowest BCUT2D eigenvalue weighted by molar-refractivity contribution is 0.194. The standard InChI is InChI=1S/C30H26FN5O/c1-2-26-25-20-35(30(37)32-23-10-5-3-6-11-23)28(21-15-17-22(31)18-16-21)27-14-9-19-34(27)29(25)36(33-26)24-12-7-4-8-13-24/h3-19,28H,2,20H2,1H3,(H,32,37)/t28-/m0/s1. The minimum Gasteiger partial charge on any atom is -0.308 e. The Kier molecular flexibility index (Phi) is 5.81. The summed E-state index contributed by atoms with van der Waals surface area (Å²) in [7, 11) is 0. The van der Waals surface area contributed by atoms with Gasteiger partial charge >= 0.3 is 6.03 Å². The van der Waals surface area contributed by atoms with Gasteiger partial charge in [0.2, 0.25) is 0 Å². The van der Waals surface area contributed by atoms with Crippen LogP contribution in [0.25, 0.3) is 11.5 Å². The molecule has 0 spiro atoms. The van der Waals surface area contributed by atoms with Crippen molar-refractivity contribution < 1.29 is 9.18 Å². The van der Waals surface area contributed by atoms with Gasteiger partial charge in [-0.15, -0.1) is 0 Å². The van der Waals surface area contributed by atoms with Crippen molar-refractivity contribution in [2.45, 2.75) is 25.9 Å². The van der Waals surface area contributed by atoms with E-state index in [1.807, 2.05) is 88.6 Å². The maximum atomic E-state index is 13.9. The summed E-state index contributed by atoms with van der Waals surface area (Å²) in [4.78, 5) is 15.7. The van der Waals surface area contributed by atoms with E-state index in [0.29, 0.717) is 18.7 Å². The van der Waals surface area contributed by atoms with Gasteiger partial charge in [-0.3, -0.25) is 0 Å². The molecule has 3 heterocycles. The number of halogens is 1. The molecule has 2 amide bonds. The Hall–Kier alpha value is -4.65. The summed E-state index contributed by atoms with van der Waals surface area (Å²) in [5.41, 5.74) is 5.28. The van der Waals surface area contributed by atoms with E-state index in [4.69, 9.17) is 5.10 Å². The Bertz CT molecular complexity index is 1540. The summed E-state index contributed by atoms with van der Waals surface area (Å²) in [6, 6.07) is 29.1. The second-order valence-electron chi connectivity index (χ2n) is 9.03. The van der Waals surface area contributed by atoms with Crippen molar-refractivity contribution in [2.75, 3.05) is 5.32 Å². The number of carbonyl (C=O) groups excluding carboxylic acids is 1. The third-order valence-corrected chi connectivity index (χ3v) is 6.78. The second-order valence-corrected chi connectivity index (χ2v) is 9.03. The first kappa shape index (κ1) is 22.8.